The van der Waals surface area contributed by atoms with Gasteiger partial charge in [-0.2, -0.15) is 0 Å². The summed E-state index contributed by atoms with van der Waals surface area (Å²) in [6.07, 6.45) is 0. The standard InChI is InChI=1S/C31H28NO4P/c1-2-36-31(35)29(28(33)23-32-30(34)24-15-7-3-8-16-24)37(25-17-9-4-10-18-25,26-19-11-5-12-20-26)27-21-13-6-14-22-27/h3-22,29H,2,23H2,1H3/p+1. The molecule has 0 aromatic heterocycles. The Kier molecular flexibility index (Phi) is 8.60. The molecular weight excluding hydrogens is 481 g/mol. The predicted octanol–water partition coefficient (Wildman–Crippen LogP) is 3.91. The maximum atomic E-state index is 14.1. The van der Waals surface area contributed by atoms with Gasteiger partial charge in [0.25, 0.3) is 5.91 Å². The van der Waals surface area contributed by atoms with E-state index in [4.69, 9.17) is 4.74 Å². The fourth-order valence-electron chi connectivity index (χ4n) is 4.57. The smallest absolute Gasteiger partial charge is 0.356 e. The van der Waals surface area contributed by atoms with Gasteiger partial charge in [0.2, 0.25) is 11.4 Å². The number of hydrogen-bond donors (Lipinski definition) is 1. The van der Waals surface area contributed by atoms with Gasteiger partial charge in [0.15, 0.2) is 0 Å². The lowest BCUT2D eigenvalue weighted by molar-refractivity contribution is -0.144. The summed E-state index contributed by atoms with van der Waals surface area (Å²) in [6, 6.07) is 37.7. The van der Waals surface area contributed by atoms with E-state index in [2.05, 4.69) is 5.32 Å². The number of rotatable bonds is 10. The lowest BCUT2D eigenvalue weighted by atomic mass is 10.2. The second kappa shape index (κ2) is 12.2. The molecule has 0 aliphatic rings. The molecule has 0 spiro atoms. The first-order valence-corrected chi connectivity index (χ1v) is 14.0. The number of amides is 1. The molecule has 0 saturated carbocycles. The lowest BCUT2D eigenvalue weighted by Crippen LogP contribution is -2.49. The van der Waals surface area contributed by atoms with E-state index >= 15 is 0 Å². The second-order valence-electron chi connectivity index (χ2n) is 8.40. The van der Waals surface area contributed by atoms with Crippen LogP contribution in [0.25, 0.3) is 0 Å². The van der Waals surface area contributed by atoms with Crippen molar-refractivity contribution in [3.8, 4) is 0 Å². The zero-order chi connectivity index (χ0) is 26.1. The summed E-state index contributed by atoms with van der Waals surface area (Å²) in [5, 5.41) is 5.37. The summed E-state index contributed by atoms with van der Waals surface area (Å²) in [5.74, 6) is -1.36. The van der Waals surface area contributed by atoms with E-state index in [0.29, 0.717) is 5.56 Å². The van der Waals surface area contributed by atoms with Crippen LogP contribution in [0, 0.1) is 0 Å². The summed E-state index contributed by atoms with van der Waals surface area (Å²) in [6.45, 7) is 1.56. The Morgan fingerprint density at radius 2 is 1.08 bits per heavy atom. The predicted molar refractivity (Wildman–Crippen MR) is 149 cm³/mol. The first kappa shape index (κ1) is 26.0. The zero-order valence-corrected chi connectivity index (χ0v) is 21.5. The Morgan fingerprint density at radius 1 is 0.676 bits per heavy atom. The summed E-state index contributed by atoms with van der Waals surface area (Å²) in [5.41, 5.74) is -0.700. The van der Waals surface area contributed by atoms with Crippen molar-refractivity contribution in [2.75, 3.05) is 13.2 Å². The molecule has 1 atom stereocenters. The maximum Gasteiger partial charge on any atom is 0.356 e. The van der Waals surface area contributed by atoms with Gasteiger partial charge in [-0.15, -0.1) is 0 Å². The van der Waals surface area contributed by atoms with Gasteiger partial charge in [-0.1, -0.05) is 72.8 Å². The average molecular weight is 511 g/mol. The molecule has 0 bridgehead atoms. The van der Waals surface area contributed by atoms with Crippen molar-refractivity contribution in [2.45, 2.75) is 12.6 Å². The Hall–Kier alpha value is -4.08. The van der Waals surface area contributed by atoms with Gasteiger partial charge in [0.05, 0.1) is 13.2 Å². The molecular formula is C31H29NO4P+. The topological polar surface area (TPSA) is 72.5 Å². The molecule has 5 nitrogen and oxygen atoms in total. The quantitative estimate of drug-likeness (QED) is 0.200. The van der Waals surface area contributed by atoms with Crippen molar-refractivity contribution in [1.29, 1.82) is 0 Å². The zero-order valence-electron chi connectivity index (χ0n) is 20.6. The van der Waals surface area contributed by atoms with Gasteiger partial charge in [-0.3, -0.25) is 9.59 Å². The van der Waals surface area contributed by atoms with Crippen LogP contribution in [0.4, 0.5) is 0 Å². The molecule has 0 aliphatic heterocycles. The Balaban J connectivity index is 1.88. The molecule has 1 amide bonds. The van der Waals surface area contributed by atoms with Crippen LogP contribution in [0.1, 0.15) is 17.3 Å². The molecule has 4 aromatic carbocycles. The number of nitrogens with one attached hydrogen (secondary N) is 1. The van der Waals surface area contributed by atoms with E-state index in [0.717, 1.165) is 15.9 Å². The summed E-state index contributed by atoms with van der Waals surface area (Å²) in [7, 11) is -2.91. The highest BCUT2D eigenvalue weighted by Crippen LogP contribution is 2.60. The lowest BCUT2D eigenvalue weighted by Gasteiger charge is -2.32. The minimum absolute atomic E-state index is 0.136. The molecule has 1 unspecified atom stereocenters. The summed E-state index contributed by atoms with van der Waals surface area (Å²) >= 11 is 0. The van der Waals surface area contributed by atoms with Crippen molar-refractivity contribution >= 4 is 40.8 Å². The van der Waals surface area contributed by atoms with E-state index in [9.17, 15) is 14.4 Å². The van der Waals surface area contributed by atoms with Crippen LogP contribution in [-0.4, -0.2) is 36.5 Å². The maximum absolute atomic E-state index is 14.1. The molecule has 0 saturated heterocycles. The number of ketones is 1. The molecule has 37 heavy (non-hydrogen) atoms. The van der Waals surface area contributed by atoms with Crippen LogP contribution in [-0.2, 0) is 14.3 Å². The van der Waals surface area contributed by atoms with Crippen LogP contribution in [0.3, 0.4) is 0 Å². The highest BCUT2D eigenvalue weighted by molar-refractivity contribution is 7.97. The van der Waals surface area contributed by atoms with Gasteiger partial charge >= 0.3 is 5.97 Å². The number of Topliss-reactive ketones (excluding diaryl/α,β-unsaturated/α-hetero) is 1. The van der Waals surface area contributed by atoms with Crippen molar-refractivity contribution < 1.29 is 19.1 Å². The van der Waals surface area contributed by atoms with Gasteiger partial charge < -0.3 is 10.1 Å². The molecule has 4 aromatic rings. The van der Waals surface area contributed by atoms with Gasteiger partial charge in [0.1, 0.15) is 23.2 Å². The third-order valence-corrected chi connectivity index (χ3v) is 10.8. The fourth-order valence-corrected chi connectivity index (χ4v) is 9.20. The molecule has 0 fully saturated rings. The number of carbonyl (C=O) groups excluding carboxylic acids is 3. The number of carbonyl (C=O) groups is 3. The highest BCUT2D eigenvalue weighted by atomic mass is 31.2. The van der Waals surface area contributed by atoms with Crippen molar-refractivity contribution in [3.05, 3.63) is 127 Å². The van der Waals surface area contributed by atoms with E-state index in [1.165, 1.54) is 0 Å². The molecule has 186 valence electrons. The van der Waals surface area contributed by atoms with Crippen LogP contribution in [0.15, 0.2) is 121 Å². The Labute approximate surface area is 217 Å². The first-order valence-electron chi connectivity index (χ1n) is 12.2. The molecule has 0 radical (unpaired) electrons. The SMILES string of the molecule is CCOC(=O)C(C(=O)CNC(=O)c1ccccc1)[P+](c1ccccc1)(c1ccccc1)c1ccccc1. The number of hydrogen-bond acceptors (Lipinski definition) is 4. The molecule has 4 rings (SSSR count). The minimum atomic E-state index is -2.91. The second-order valence-corrected chi connectivity index (χ2v) is 11.9. The molecule has 6 heteroatoms. The van der Waals surface area contributed by atoms with Crippen molar-refractivity contribution in [3.63, 3.8) is 0 Å². The fraction of sp³-hybridized carbons (Fsp3) is 0.129. The normalized spacial score (nSPS) is 11.8. The Morgan fingerprint density at radius 3 is 1.49 bits per heavy atom. The van der Waals surface area contributed by atoms with Crippen LogP contribution in [0.2, 0.25) is 0 Å². The Bertz CT molecular complexity index is 1230. The van der Waals surface area contributed by atoms with Crippen molar-refractivity contribution in [2.24, 2.45) is 0 Å². The average Bonchev–Trinajstić information content (AvgIpc) is 2.96. The van der Waals surface area contributed by atoms with E-state index < -0.39 is 24.7 Å². The highest BCUT2D eigenvalue weighted by Gasteiger charge is 2.59. The van der Waals surface area contributed by atoms with Crippen LogP contribution >= 0.6 is 7.26 Å². The van der Waals surface area contributed by atoms with Gasteiger partial charge in [0, 0.05) is 5.56 Å². The monoisotopic (exact) mass is 510 g/mol. The van der Waals surface area contributed by atoms with E-state index in [1.807, 2.05) is 97.1 Å². The van der Waals surface area contributed by atoms with Crippen molar-refractivity contribution in [1.82, 2.24) is 5.32 Å². The van der Waals surface area contributed by atoms with E-state index in [-0.39, 0.29) is 19.1 Å². The largest absolute Gasteiger partial charge is 0.463 e. The first-order chi connectivity index (χ1) is 18.1. The van der Waals surface area contributed by atoms with E-state index in [1.54, 1.807) is 31.2 Å². The third-order valence-electron chi connectivity index (χ3n) is 6.15. The van der Waals surface area contributed by atoms with Gasteiger partial charge in [-0.05, 0) is 55.5 Å². The number of benzene rings is 4. The third kappa shape index (κ3) is 5.52. The van der Waals surface area contributed by atoms with Crippen LogP contribution < -0.4 is 21.2 Å². The number of esters is 1. The van der Waals surface area contributed by atoms with Crippen LogP contribution in [0.5, 0.6) is 0 Å². The van der Waals surface area contributed by atoms with Gasteiger partial charge in [-0.25, -0.2) is 4.79 Å². The minimum Gasteiger partial charge on any atom is -0.463 e. The molecule has 1 N–H and O–H groups in total. The molecule has 0 aliphatic carbocycles. The summed E-state index contributed by atoms with van der Waals surface area (Å²) < 4.78 is 5.54. The molecule has 0 heterocycles. The number of ether oxygens (including phenoxy) is 1. The summed E-state index contributed by atoms with van der Waals surface area (Å²) in [4.78, 5) is 40.6.